The lowest BCUT2D eigenvalue weighted by molar-refractivity contribution is -0.136. The Morgan fingerprint density at radius 1 is 0.969 bits per heavy atom. The van der Waals surface area contributed by atoms with Crippen LogP contribution in [-0.4, -0.2) is 92.1 Å². The quantitative estimate of drug-likeness (QED) is 0.352. The molecule has 0 atom stereocenters. The molecule has 0 spiro atoms. The molecule has 2 saturated heterocycles. The molecular weight excluding hydrogens is 517 g/mol. The molecule has 4 rings (SSSR count). The molecule has 2 aliphatic heterocycles. The average molecular weight is 551 g/mol. The summed E-state index contributed by atoms with van der Waals surface area (Å²) in [5.74, 6) is 1.17. The van der Waals surface area contributed by atoms with E-state index in [1.165, 1.54) is 16.3 Å². The molecule has 2 aliphatic rings. The monoisotopic (exact) mass is 551 g/mol. The van der Waals surface area contributed by atoms with Crippen LogP contribution in [0.1, 0.15) is 12.5 Å². The van der Waals surface area contributed by atoms with Gasteiger partial charge in [-0.25, -0.2) is 4.99 Å². The maximum absolute atomic E-state index is 12.5. The molecule has 0 bridgehead atoms. The summed E-state index contributed by atoms with van der Waals surface area (Å²) in [4.78, 5) is 23.9. The number of guanidine groups is 1. The zero-order valence-electron chi connectivity index (χ0n) is 18.8. The van der Waals surface area contributed by atoms with E-state index >= 15 is 0 Å². The van der Waals surface area contributed by atoms with Gasteiger partial charge in [0.15, 0.2) is 5.96 Å². The van der Waals surface area contributed by atoms with Gasteiger partial charge in [0.25, 0.3) is 0 Å². The van der Waals surface area contributed by atoms with Gasteiger partial charge in [-0.15, -0.1) is 24.0 Å². The molecule has 1 amide bonds. The van der Waals surface area contributed by atoms with Crippen molar-refractivity contribution in [1.82, 2.24) is 20.0 Å². The van der Waals surface area contributed by atoms with Gasteiger partial charge < -0.3 is 19.9 Å². The van der Waals surface area contributed by atoms with Crippen molar-refractivity contribution in [3.63, 3.8) is 0 Å². The van der Waals surface area contributed by atoms with Gasteiger partial charge in [-0.05, 0) is 29.3 Å². The summed E-state index contributed by atoms with van der Waals surface area (Å²) in [6.07, 6.45) is 0. The van der Waals surface area contributed by atoms with E-state index in [2.05, 4.69) is 64.5 Å². The Morgan fingerprint density at radius 3 is 2.41 bits per heavy atom. The van der Waals surface area contributed by atoms with Crippen molar-refractivity contribution in [1.29, 1.82) is 0 Å². The van der Waals surface area contributed by atoms with Crippen LogP contribution in [0.2, 0.25) is 0 Å². The lowest BCUT2D eigenvalue weighted by atomic mass is 10.1. The van der Waals surface area contributed by atoms with Crippen molar-refractivity contribution in [3.05, 3.63) is 48.0 Å². The zero-order valence-corrected chi connectivity index (χ0v) is 21.2. The standard InChI is InChI=1S/C24H33N5O2.HI/c1-2-25-24(26-18-20-7-8-21-5-3-4-6-22(21)17-20)29-11-9-27(10-12-29)19-23(30)28-13-15-31-16-14-28;/h3-8,17H,2,9-16,18-19H2,1H3,(H,25,26);1H. The summed E-state index contributed by atoms with van der Waals surface area (Å²) in [5, 5.41) is 5.94. The molecule has 2 aromatic rings. The van der Waals surface area contributed by atoms with Gasteiger partial charge in [0.2, 0.25) is 5.91 Å². The predicted octanol–water partition coefficient (Wildman–Crippen LogP) is 2.40. The van der Waals surface area contributed by atoms with Crippen LogP contribution in [0, 0.1) is 0 Å². The third-order valence-electron chi connectivity index (χ3n) is 5.95. The number of amides is 1. The minimum absolute atomic E-state index is 0. The van der Waals surface area contributed by atoms with Gasteiger partial charge in [0, 0.05) is 45.8 Å². The number of piperazine rings is 1. The molecule has 8 heteroatoms. The molecule has 32 heavy (non-hydrogen) atoms. The van der Waals surface area contributed by atoms with Gasteiger partial charge >= 0.3 is 0 Å². The molecule has 0 radical (unpaired) electrons. The van der Waals surface area contributed by atoms with Crippen LogP contribution >= 0.6 is 24.0 Å². The first-order valence-electron chi connectivity index (χ1n) is 11.3. The number of nitrogens with one attached hydrogen (secondary N) is 1. The summed E-state index contributed by atoms with van der Waals surface area (Å²) in [6, 6.07) is 15.0. The second-order valence-corrected chi connectivity index (χ2v) is 8.11. The van der Waals surface area contributed by atoms with Gasteiger partial charge in [0.1, 0.15) is 0 Å². The molecular formula is C24H34IN5O2. The highest BCUT2D eigenvalue weighted by Crippen LogP contribution is 2.16. The number of hydrogen-bond acceptors (Lipinski definition) is 4. The van der Waals surface area contributed by atoms with E-state index in [9.17, 15) is 4.79 Å². The normalized spacial score (nSPS) is 17.8. The highest BCUT2D eigenvalue weighted by atomic mass is 127. The van der Waals surface area contributed by atoms with Crippen molar-refractivity contribution in [2.45, 2.75) is 13.5 Å². The summed E-state index contributed by atoms with van der Waals surface area (Å²) < 4.78 is 5.34. The van der Waals surface area contributed by atoms with Crippen molar-refractivity contribution >= 4 is 46.6 Å². The topological polar surface area (TPSA) is 60.4 Å². The number of morpholine rings is 1. The first-order valence-corrected chi connectivity index (χ1v) is 11.3. The number of halogens is 1. The fraction of sp³-hybridized carbons (Fsp3) is 0.500. The van der Waals surface area contributed by atoms with E-state index in [1.54, 1.807) is 0 Å². The summed E-state index contributed by atoms with van der Waals surface area (Å²) >= 11 is 0. The van der Waals surface area contributed by atoms with Gasteiger partial charge in [-0.2, -0.15) is 0 Å². The fourth-order valence-electron chi connectivity index (χ4n) is 4.15. The Morgan fingerprint density at radius 2 is 1.69 bits per heavy atom. The van der Waals surface area contributed by atoms with Crippen LogP contribution in [0.15, 0.2) is 47.5 Å². The smallest absolute Gasteiger partial charge is 0.236 e. The third-order valence-corrected chi connectivity index (χ3v) is 5.95. The summed E-state index contributed by atoms with van der Waals surface area (Å²) in [5.41, 5.74) is 1.21. The second-order valence-electron chi connectivity index (χ2n) is 8.11. The number of carbonyl (C=O) groups excluding carboxylic acids is 1. The van der Waals surface area contributed by atoms with E-state index in [1.807, 2.05) is 4.90 Å². The Kier molecular flexibility index (Phi) is 9.55. The predicted molar refractivity (Wildman–Crippen MR) is 140 cm³/mol. The Hall–Kier alpha value is -1.91. The highest BCUT2D eigenvalue weighted by Gasteiger charge is 2.24. The molecule has 0 saturated carbocycles. The third kappa shape index (κ3) is 6.55. The first-order chi connectivity index (χ1) is 15.2. The van der Waals surface area contributed by atoms with E-state index in [-0.39, 0.29) is 29.9 Å². The van der Waals surface area contributed by atoms with E-state index < -0.39 is 0 Å². The molecule has 2 heterocycles. The van der Waals surface area contributed by atoms with Gasteiger partial charge in [-0.3, -0.25) is 9.69 Å². The van der Waals surface area contributed by atoms with Crippen LogP contribution in [-0.2, 0) is 16.1 Å². The number of benzene rings is 2. The molecule has 0 aromatic heterocycles. The molecule has 174 valence electrons. The number of rotatable bonds is 5. The highest BCUT2D eigenvalue weighted by molar-refractivity contribution is 14.0. The van der Waals surface area contributed by atoms with Gasteiger partial charge in [-0.1, -0.05) is 36.4 Å². The van der Waals surface area contributed by atoms with Crippen LogP contribution < -0.4 is 5.32 Å². The lowest BCUT2D eigenvalue weighted by Crippen LogP contribution is -2.54. The maximum Gasteiger partial charge on any atom is 0.236 e. The maximum atomic E-state index is 12.5. The lowest BCUT2D eigenvalue weighted by Gasteiger charge is -2.37. The number of fused-ring (bicyclic) bond motifs is 1. The minimum Gasteiger partial charge on any atom is -0.378 e. The number of nitrogens with zero attached hydrogens (tertiary/aromatic N) is 4. The Bertz CT molecular complexity index is 908. The van der Waals surface area contributed by atoms with Crippen molar-refractivity contribution < 1.29 is 9.53 Å². The molecule has 2 fully saturated rings. The van der Waals surface area contributed by atoms with E-state index in [0.29, 0.717) is 39.4 Å². The molecule has 1 N–H and O–H groups in total. The Labute approximate surface area is 207 Å². The first kappa shape index (κ1) is 24.7. The SMILES string of the molecule is CCNC(=NCc1ccc2ccccc2c1)N1CCN(CC(=O)N2CCOCC2)CC1.I. The second kappa shape index (κ2) is 12.4. The van der Waals surface area contributed by atoms with Crippen LogP contribution in [0.4, 0.5) is 0 Å². The number of carbonyl (C=O) groups is 1. The van der Waals surface area contributed by atoms with E-state index in [4.69, 9.17) is 9.73 Å². The van der Waals surface area contributed by atoms with Crippen molar-refractivity contribution in [2.75, 3.05) is 65.6 Å². The molecule has 7 nitrogen and oxygen atoms in total. The molecule has 2 aromatic carbocycles. The van der Waals surface area contributed by atoms with E-state index in [0.717, 1.165) is 38.7 Å². The molecule has 0 aliphatic carbocycles. The van der Waals surface area contributed by atoms with Crippen molar-refractivity contribution in [3.8, 4) is 0 Å². The average Bonchev–Trinajstić information content (AvgIpc) is 2.83. The fourth-order valence-corrected chi connectivity index (χ4v) is 4.15. The van der Waals surface area contributed by atoms with Crippen LogP contribution in [0.25, 0.3) is 10.8 Å². The number of hydrogen-bond donors (Lipinski definition) is 1. The van der Waals surface area contributed by atoms with Gasteiger partial charge in [0.05, 0.1) is 26.3 Å². The summed E-state index contributed by atoms with van der Waals surface area (Å²) in [6.45, 7) is 10.3. The minimum atomic E-state index is 0. The Balaban J connectivity index is 0.00000289. The number of ether oxygens (including phenoxy) is 1. The van der Waals surface area contributed by atoms with Crippen LogP contribution in [0.5, 0.6) is 0 Å². The largest absolute Gasteiger partial charge is 0.378 e. The van der Waals surface area contributed by atoms with Crippen molar-refractivity contribution in [2.24, 2.45) is 4.99 Å². The molecule has 0 unspecified atom stereocenters. The van der Waals surface area contributed by atoms with Crippen LogP contribution in [0.3, 0.4) is 0 Å². The zero-order chi connectivity index (χ0) is 21.5. The number of aliphatic imine (C=N–C) groups is 1. The summed E-state index contributed by atoms with van der Waals surface area (Å²) in [7, 11) is 0.